The number of carbonyl (C=O) groups is 1. The van der Waals surface area contributed by atoms with E-state index in [1.165, 1.54) is 6.92 Å². The van der Waals surface area contributed by atoms with Crippen LogP contribution in [-0.2, 0) is 24.1 Å². The fraction of sp³-hybridized carbons (Fsp3) is 0.353. The first kappa shape index (κ1) is 17.3. The Morgan fingerprint density at radius 1 is 1.13 bits per heavy atom. The summed E-state index contributed by atoms with van der Waals surface area (Å²) in [7, 11) is -2.14. The maximum Gasteiger partial charge on any atom is 0.331 e. The molecule has 0 bridgehead atoms. The highest BCUT2D eigenvalue weighted by Crippen LogP contribution is 2.34. The summed E-state index contributed by atoms with van der Waals surface area (Å²) in [5.41, 5.74) is 0.385. The smallest absolute Gasteiger partial charge is 0.331 e. The van der Waals surface area contributed by atoms with E-state index >= 15 is 0 Å². The average Bonchev–Trinajstić information content (AvgIpc) is 2.52. The van der Waals surface area contributed by atoms with E-state index in [0.29, 0.717) is 11.3 Å². The molecule has 0 radical (unpaired) electrons. The maximum atomic E-state index is 12.3. The monoisotopic (exact) mass is 336 g/mol. The first-order valence-electron chi connectivity index (χ1n) is 7.19. The summed E-state index contributed by atoms with van der Waals surface area (Å²) < 4.78 is 33.0. The molecule has 0 amide bonds. The highest BCUT2D eigenvalue weighted by atomic mass is 32.2. The Morgan fingerprint density at radius 2 is 1.74 bits per heavy atom. The zero-order valence-corrected chi connectivity index (χ0v) is 14.4. The number of benzene rings is 2. The van der Waals surface area contributed by atoms with Gasteiger partial charge in [-0.3, -0.25) is 0 Å². The van der Waals surface area contributed by atoms with Crippen molar-refractivity contribution in [2.75, 3.05) is 20.0 Å². The summed E-state index contributed by atoms with van der Waals surface area (Å²) in [5, 5.41) is 1.72. The minimum absolute atomic E-state index is 0.120. The van der Waals surface area contributed by atoms with Crippen LogP contribution >= 0.6 is 0 Å². The van der Waals surface area contributed by atoms with Crippen LogP contribution in [-0.4, -0.2) is 34.4 Å². The van der Waals surface area contributed by atoms with Crippen LogP contribution in [0.15, 0.2) is 36.4 Å². The van der Waals surface area contributed by atoms with E-state index < -0.39 is 20.6 Å². The van der Waals surface area contributed by atoms with Crippen molar-refractivity contribution in [2.24, 2.45) is 0 Å². The molecule has 2 aromatic carbocycles. The molecule has 1 atom stereocenters. The summed E-state index contributed by atoms with van der Waals surface area (Å²) in [5.74, 6) is -0.0584. The van der Waals surface area contributed by atoms with Crippen LogP contribution in [0, 0.1) is 0 Å². The molecule has 5 nitrogen and oxygen atoms in total. The number of hydrogen-bond donors (Lipinski definition) is 0. The summed E-state index contributed by atoms with van der Waals surface area (Å²) in [6.45, 7) is 3.15. The number of fused-ring (bicyclic) bond motifs is 1. The molecule has 0 aromatic heterocycles. The fourth-order valence-corrected chi connectivity index (χ4v) is 3.32. The SMILES string of the molecule is CCOC(=O)[C@](C)(c1ccc2cc(OC)ccc2c1)S(C)(=O)=O. The molecule has 0 unspecified atom stereocenters. The maximum absolute atomic E-state index is 12.3. The van der Waals surface area contributed by atoms with E-state index in [9.17, 15) is 13.2 Å². The average molecular weight is 336 g/mol. The molecule has 0 heterocycles. The van der Waals surface area contributed by atoms with Crippen molar-refractivity contribution in [3.63, 3.8) is 0 Å². The molecule has 0 saturated heterocycles. The van der Waals surface area contributed by atoms with E-state index in [4.69, 9.17) is 9.47 Å². The van der Waals surface area contributed by atoms with Crippen molar-refractivity contribution in [1.29, 1.82) is 0 Å². The van der Waals surface area contributed by atoms with Crippen LogP contribution in [0.25, 0.3) is 10.8 Å². The van der Waals surface area contributed by atoms with Crippen LogP contribution < -0.4 is 4.74 Å². The van der Waals surface area contributed by atoms with Crippen molar-refractivity contribution in [2.45, 2.75) is 18.6 Å². The predicted octanol–water partition coefficient (Wildman–Crippen LogP) is 2.67. The molecule has 124 valence electrons. The zero-order chi connectivity index (χ0) is 17.3. The molecule has 2 rings (SSSR count). The van der Waals surface area contributed by atoms with Crippen molar-refractivity contribution >= 4 is 26.6 Å². The third-order valence-corrected chi connectivity index (χ3v) is 5.89. The second kappa shape index (κ2) is 6.20. The Hall–Kier alpha value is -2.08. The first-order valence-corrected chi connectivity index (χ1v) is 9.08. The molecule has 0 aliphatic carbocycles. The summed E-state index contributed by atoms with van der Waals surface area (Å²) >= 11 is 0. The van der Waals surface area contributed by atoms with Gasteiger partial charge in [0.1, 0.15) is 5.75 Å². The van der Waals surface area contributed by atoms with Gasteiger partial charge in [-0.25, -0.2) is 13.2 Å². The number of rotatable bonds is 5. The quantitative estimate of drug-likeness (QED) is 0.785. The predicted molar refractivity (Wildman–Crippen MR) is 89.3 cm³/mol. The van der Waals surface area contributed by atoms with Crippen molar-refractivity contribution in [1.82, 2.24) is 0 Å². The van der Waals surface area contributed by atoms with Crippen molar-refractivity contribution in [3.05, 3.63) is 42.0 Å². The van der Waals surface area contributed by atoms with Gasteiger partial charge in [-0.15, -0.1) is 0 Å². The Bertz CT molecular complexity index is 841. The molecule has 0 spiro atoms. The second-order valence-corrected chi connectivity index (χ2v) is 7.81. The lowest BCUT2D eigenvalue weighted by molar-refractivity contribution is -0.146. The minimum atomic E-state index is -3.72. The van der Waals surface area contributed by atoms with Crippen molar-refractivity contribution < 1.29 is 22.7 Å². The number of methoxy groups -OCH3 is 1. The van der Waals surface area contributed by atoms with Gasteiger partial charge in [0.25, 0.3) is 0 Å². The Kier molecular flexibility index (Phi) is 4.66. The van der Waals surface area contributed by atoms with Crippen LogP contribution in [0.5, 0.6) is 5.75 Å². The van der Waals surface area contributed by atoms with Gasteiger partial charge in [0.15, 0.2) is 14.6 Å². The molecule has 6 heteroatoms. The van der Waals surface area contributed by atoms with E-state index in [1.54, 1.807) is 38.3 Å². The van der Waals surface area contributed by atoms with Crippen LogP contribution in [0.4, 0.5) is 0 Å². The van der Waals surface area contributed by atoms with E-state index in [2.05, 4.69) is 0 Å². The highest BCUT2D eigenvalue weighted by Gasteiger charge is 2.46. The van der Waals surface area contributed by atoms with Gasteiger partial charge in [0.05, 0.1) is 13.7 Å². The molecule has 23 heavy (non-hydrogen) atoms. The van der Waals surface area contributed by atoms with Crippen LogP contribution in [0.1, 0.15) is 19.4 Å². The largest absolute Gasteiger partial charge is 0.497 e. The zero-order valence-electron chi connectivity index (χ0n) is 13.6. The number of esters is 1. The first-order chi connectivity index (χ1) is 10.7. The molecular weight excluding hydrogens is 316 g/mol. The number of hydrogen-bond acceptors (Lipinski definition) is 5. The van der Waals surface area contributed by atoms with Crippen LogP contribution in [0.2, 0.25) is 0 Å². The Balaban J connectivity index is 2.64. The lowest BCUT2D eigenvalue weighted by Gasteiger charge is -2.26. The molecule has 2 aromatic rings. The number of sulfone groups is 1. The molecule has 0 aliphatic heterocycles. The van der Waals surface area contributed by atoms with Crippen LogP contribution in [0.3, 0.4) is 0 Å². The molecule has 0 aliphatic rings. The lowest BCUT2D eigenvalue weighted by atomic mass is 9.97. The van der Waals surface area contributed by atoms with E-state index in [-0.39, 0.29) is 6.61 Å². The summed E-state index contributed by atoms with van der Waals surface area (Å²) in [4.78, 5) is 12.3. The lowest BCUT2D eigenvalue weighted by Crippen LogP contribution is -2.41. The van der Waals surface area contributed by atoms with Gasteiger partial charge in [-0.2, -0.15) is 0 Å². The Morgan fingerprint density at radius 3 is 2.30 bits per heavy atom. The van der Waals surface area contributed by atoms with Crippen molar-refractivity contribution in [3.8, 4) is 5.75 Å². The van der Waals surface area contributed by atoms with Gasteiger partial charge >= 0.3 is 5.97 Å². The van der Waals surface area contributed by atoms with Gasteiger partial charge in [-0.1, -0.05) is 18.2 Å². The minimum Gasteiger partial charge on any atom is -0.497 e. The standard InChI is InChI=1S/C17H20O5S/c1-5-22-16(18)17(2,23(4,19)20)14-8-6-13-11-15(21-3)9-7-12(13)10-14/h6-11H,5H2,1-4H3/t17-/m0/s1. The third kappa shape index (κ3) is 3.03. The highest BCUT2D eigenvalue weighted by molar-refractivity contribution is 7.92. The van der Waals surface area contributed by atoms with Gasteiger partial charge in [0.2, 0.25) is 0 Å². The van der Waals surface area contributed by atoms with E-state index in [0.717, 1.165) is 17.0 Å². The van der Waals surface area contributed by atoms with Gasteiger partial charge < -0.3 is 9.47 Å². The summed E-state index contributed by atoms with van der Waals surface area (Å²) in [6, 6.07) is 10.6. The molecule has 0 fully saturated rings. The molecular formula is C17H20O5S. The number of ether oxygens (including phenoxy) is 2. The molecule has 0 saturated carbocycles. The van der Waals surface area contributed by atoms with Gasteiger partial charge in [-0.05, 0) is 48.4 Å². The topological polar surface area (TPSA) is 69.7 Å². The Labute approximate surface area is 136 Å². The normalized spacial score (nSPS) is 14.3. The second-order valence-electron chi connectivity index (χ2n) is 5.45. The fourth-order valence-electron chi connectivity index (χ4n) is 2.40. The molecule has 0 N–H and O–H groups in total. The van der Waals surface area contributed by atoms with Gasteiger partial charge in [0, 0.05) is 6.26 Å². The third-order valence-electron chi connectivity index (χ3n) is 4.00. The summed E-state index contributed by atoms with van der Waals surface area (Å²) in [6.07, 6.45) is 1.04. The number of carbonyl (C=O) groups excluding carboxylic acids is 1. The van der Waals surface area contributed by atoms with E-state index in [1.807, 2.05) is 12.1 Å².